The van der Waals surface area contributed by atoms with Crippen LogP contribution in [-0.2, 0) is 9.53 Å². The summed E-state index contributed by atoms with van der Waals surface area (Å²) in [4.78, 5) is 14.6. The third-order valence-corrected chi connectivity index (χ3v) is 4.67. The van der Waals surface area contributed by atoms with Gasteiger partial charge in [-0.05, 0) is 54.5 Å². The van der Waals surface area contributed by atoms with E-state index >= 15 is 0 Å². The first-order valence-electron chi connectivity index (χ1n) is 9.01. The Morgan fingerprint density at radius 3 is 2.70 bits per heavy atom. The monoisotopic (exact) mass is 366 g/mol. The number of fused-ring (bicyclic) bond motifs is 1. The van der Waals surface area contributed by atoms with E-state index in [9.17, 15) is 4.79 Å². The maximum atomic E-state index is 12.3. The lowest BCUT2D eigenvalue weighted by atomic mass is 10.1. The minimum absolute atomic E-state index is 0.171. The van der Waals surface area contributed by atoms with Crippen molar-refractivity contribution in [1.82, 2.24) is 0 Å². The second kappa shape index (κ2) is 7.72. The average Bonchev–Trinajstić information content (AvgIpc) is 3.16. The van der Waals surface area contributed by atoms with Gasteiger partial charge in [0.1, 0.15) is 0 Å². The average molecular weight is 366 g/mol. The molecular weight excluding hydrogens is 344 g/mol. The molecular formula is C21H22N2O4. The van der Waals surface area contributed by atoms with Gasteiger partial charge >= 0.3 is 0 Å². The largest absolute Gasteiger partial charge is 0.454 e. The van der Waals surface area contributed by atoms with Gasteiger partial charge in [-0.15, -0.1) is 0 Å². The van der Waals surface area contributed by atoms with E-state index in [1.54, 1.807) is 6.08 Å². The molecule has 1 fully saturated rings. The third-order valence-electron chi connectivity index (χ3n) is 4.67. The Morgan fingerprint density at radius 1 is 1.07 bits per heavy atom. The number of aryl methyl sites for hydroxylation is 1. The molecule has 0 bridgehead atoms. The van der Waals surface area contributed by atoms with Gasteiger partial charge in [-0.25, -0.2) is 0 Å². The first-order chi connectivity index (χ1) is 13.2. The number of hydrogen-bond donors (Lipinski definition) is 1. The summed E-state index contributed by atoms with van der Waals surface area (Å²) in [6, 6.07) is 11.7. The summed E-state index contributed by atoms with van der Waals surface area (Å²) in [6.07, 6.45) is 3.28. The Balaban J connectivity index is 1.40. The zero-order valence-electron chi connectivity index (χ0n) is 15.2. The molecule has 2 aromatic rings. The van der Waals surface area contributed by atoms with E-state index in [0.29, 0.717) is 5.75 Å². The summed E-state index contributed by atoms with van der Waals surface area (Å²) in [5, 5.41) is 2.94. The predicted octanol–water partition coefficient (Wildman–Crippen LogP) is 3.21. The van der Waals surface area contributed by atoms with Crippen molar-refractivity contribution in [1.29, 1.82) is 0 Å². The van der Waals surface area contributed by atoms with Crippen LogP contribution in [0.4, 0.5) is 11.4 Å². The number of nitrogens with one attached hydrogen (secondary N) is 1. The van der Waals surface area contributed by atoms with Gasteiger partial charge in [-0.1, -0.05) is 6.07 Å². The number of ether oxygens (including phenoxy) is 3. The molecule has 0 saturated carbocycles. The zero-order valence-corrected chi connectivity index (χ0v) is 15.2. The van der Waals surface area contributed by atoms with Gasteiger partial charge in [0.15, 0.2) is 11.5 Å². The van der Waals surface area contributed by atoms with Gasteiger partial charge in [-0.2, -0.15) is 0 Å². The summed E-state index contributed by atoms with van der Waals surface area (Å²) < 4.78 is 16.0. The standard InChI is InChI=1S/C21H22N2O4/c1-15-12-17(23-8-10-25-11-9-23)4-5-18(15)22-21(24)7-3-16-2-6-19-20(13-16)27-14-26-19/h2-7,12-13H,8-11,14H2,1H3,(H,22,24)/b7-3+. The number of amides is 1. The van der Waals surface area contributed by atoms with Crippen LogP contribution in [0.2, 0.25) is 0 Å². The van der Waals surface area contributed by atoms with E-state index in [1.165, 1.54) is 6.08 Å². The van der Waals surface area contributed by atoms with Gasteiger partial charge in [0.25, 0.3) is 0 Å². The van der Waals surface area contributed by atoms with Gasteiger partial charge < -0.3 is 24.4 Å². The van der Waals surface area contributed by atoms with E-state index in [0.717, 1.165) is 54.6 Å². The SMILES string of the molecule is Cc1cc(N2CCOCC2)ccc1NC(=O)/C=C/c1ccc2c(c1)OCO2. The maximum absolute atomic E-state index is 12.3. The molecule has 0 spiro atoms. The van der Waals surface area contributed by atoms with E-state index in [4.69, 9.17) is 14.2 Å². The second-order valence-electron chi connectivity index (χ2n) is 6.53. The molecule has 2 aliphatic heterocycles. The van der Waals surface area contributed by atoms with Crippen LogP contribution >= 0.6 is 0 Å². The number of anilines is 2. The Hall–Kier alpha value is -2.99. The molecule has 0 unspecified atom stereocenters. The molecule has 0 aromatic heterocycles. The number of benzene rings is 2. The Labute approximate surface area is 158 Å². The molecule has 27 heavy (non-hydrogen) atoms. The fourth-order valence-electron chi connectivity index (χ4n) is 3.17. The number of carbonyl (C=O) groups is 1. The normalized spacial score (nSPS) is 16.0. The first kappa shape index (κ1) is 17.4. The highest BCUT2D eigenvalue weighted by atomic mass is 16.7. The van der Waals surface area contributed by atoms with Crippen LogP contribution in [0.15, 0.2) is 42.5 Å². The van der Waals surface area contributed by atoms with Crippen molar-refractivity contribution in [2.24, 2.45) is 0 Å². The molecule has 1 saturated heterocycles. The minimum atomic E-state index is -0.171. The molecule has 0 aliphatic carbocycles. The van der Waals surface area contributed by atoms with Gasteiger partial charge in [-0.3, -0.25) is 4.79 Å². The molecule has 2 aromatic carbocycles. The maximum Gasteiger partial charge on any atom is 0.248 e. The third kappa shape index (κ3) is 4.06. The minimum Gasteiger partial charge on any atom is -0.454 e. The highest BCUT2D eigenvalue weighted by Crippen LogP contribution is 2.32. The van der Waals surface area contributed by atoms with Crippen molar-refractivity contribution in [2.75, 3.05) is 43.3 Å². The first-order valence-corrected chi connectivity index (χ1v) is 9.01. The van der Waals surface area contributed by atoms with Gasteiger partial charge in [0.05, 0.1) is 13.2 Å². The summed E-state index contributed by atoms with van der Waals surface area (Å²) >= 11 is 0. The molecule has 4 rings (SSSR count). The van der Waals surface area contributed by atoms with Crippen molar-refractivity contribution in [2.45, 2.75) is 6.92 Å². The van der Waals surface area contributed by atoms with Gasteiger partial charge in [0, 0.05) is 30.5 Å². The quantitative estimate of drug-likeness (QED) is 0.842. The van der Waals surface area contributed by atoms with Crippen LogP contribution in [0.3, 0.4) is 0 Å². The number of morpholine rings is 1. The van der Waals surface area contributed by atoms with Crippen LogP contribution in [-0.4, -0.2) is 39.0 Å². The smallest absolute Gasteiger partial charge is 0.248 e. The number of rotatable bonds is 4. The summed E-state index contributed by atoms with van der Waals surface area (Å²) in [5.74, 6) is 1.26. The Bertz CT molecular complexity index is 872. The molecule has 2 aliphatic rings. The predicted molar refractivity (Wildman–Crippen MR) is 104 cm³/mol. The topological polar surface area (TPSA) is 60.0 Å². The highest BCUT2D eigenvalue weighted by Gasteiger charge is 2.13. The van der Waals surface area contributed by atoms with E-state index in [1.807, 2.05) is 37.3 Å². The second-order valence-corrected chi connectivity index (χ2v) is 6.53. The van der Waals surface area contributed by atoms with Crippen molar-refractivity contribution in [3.05, 3.63) is 53.6 Å². The van der Waals surface area contributed by atoms with Crippen molar-refractivity contribution < 1.29 is 19.0 Å². The lowest BCUT2D eigenvalue weighted by molar-refractivity contribution is -0.111. The van der Waals surface area contributed by atoms with Crippen LogP contribution in [0.1, 0.15) is 11.1 Å². The number of nitrogens with zero attached hydrogens (tertiary/aromatic N) is 1. The fourth-order valence-corrected chi connectivity index (χ4v) is 3.17. The van der Waals surface area contributed by atoms with Crippen LogP contribution in [0.5, 0.6) is 11.5 Å². The number of carbonyl (C=O) groups excluding carboxylic acids is 1. The van der Waals surface area contributed by atoms with E-state index in [2.05, 4.69) is 16.3 Å². The molecule has 6 heteroatoms. The molecule has 2 heterocycles. The van der Waals surface area contributed by atoms with E-state index in [-0.39, 0.29) is 12.7 Å². The molecule has 1 amide bonds. The summed E-state index contributed by atoms with van der Waals surface area (Å²) in [7, 11) is 0. The van der Waals surface area contributed by atoms with Crippen molar-refractivity contribution in [3.8, 4) is 11.5 Å². The lowest BCUT2D eigenvalue weighted by Gasteiger charge is -2.29. The van der Waals surface area contributed by atoms with E-state index < -0.39 is 0 Å². The van der Waals surface area contributed by atoms with Crippen molar-refractivity contribution >= 4 is 23.4 Å². The number of hydrogen-bond acceptors (Lipinski definition) is 5. The van der Waals surface area contributed by atoms with Crippen LogP contribution in [0.25, 0.3) is 6.08 Å². The van der Waals surface area contributed by atoms with Gasteiger partial charge in [0.2, 0.25) is 12.7 Å². The molecule has 140 valence electrons. The Morgan fingerprint density at radius 2 is 1.89 bits per heavy atom. The van der Waals surface area contributed by atoms with Crippen LogP contribution < -0.4 is 19.7 Å². The molecule has 6 nitrogen and oxygen atoms in total. The lowest BCUT2D eigenvalue weighted by Crippen LogP contribution is -2.36. The van der Waals surface area contributed by atoms with Crippen molar-refractivity contribution in [3.63, 3.8) is 0 Å². The zero-order chi connectivity index (χ0) is 18.6. The summed E-state index contributed by atoms with van der Waals surface area (Å²) in [5.41, 5.74) is 3.88. The molecule has 1 N–H and O–H groups in total. The fraction of sp³-hybridized carbons (Fsp3) is 0.286. The summed E-state index contributed by atoms with van der Waals surface area (Å²) in [6.45, 7) is 5.53. The highest BCUT2D eigenvalue weighted by molar-refractivity contribution is 6.02. The molecule has 0 atom stereocenters. The van der Waals surface area contributed by atoms with Crippen LogP contribution in [0, 0.1) is 6.92 Å². The Kier molecular flexibility index (Phi) is 4.98. The molecule has 0 radical (unpaired) electrons.